The first-order valence-electron chi connectivity index (χ1n) is 10.8. The monoisotopic (exact) mass is 476 g/mol. The van der Waals surface area contributed by atoms with E-state index in [4.69, 9.17) is 22.1 Å². The van der Waals surface area contributed by atoms with Crippen molar-refractivity contribution in [1.82, 2.24) is 4.90 Å². The van der Waals surface area contributed by atoms with Crippen LogP contribution in [0, 0.1) is 0 Å². The molecule has 9 heteroatoms. The summed E-state index contributed by atoms with van der Waals surface area (Å²) in [6, 6.07) is 13.5. The molecule has 0 spiro atoms. The quantitative estimate of drug-likeness (QED) is 0.480. The van der Waals surface area contributed by atoms with Gasteiger partial charge in [-0.15, -0.1) is 0 Å². The summed E-state index contributed by atoms with van der Waals surface area (Å²) in [7, 11) is 0. The van der Waals surface area contributed by atoms with Gasteiger partial charge in [-0.05, 0) is 55.7 Å². The maximum Gasteiger partial charge on any atom is 0.329 e. The fourth-order valence-electron chi connectivity index (χ4n) is 3.66. The molecule has 1 atom stereocenters. The Kier molecular flexibility index (Phi) is 8.53. The largest absolute Gasteiger partial charge is 0.470 e. The van der Waals surface area contributed by atoms with E-state index in [-0.39, 0.29) is 6.03 Å². The van der Waals surface area contributed by atoms with Gasteiger partial charge >= 0.3 is 12.1 Å². The molecule has 0 aromatic heterocycles. The summed E-state index contributed by atoms with van der Waals surface area (Å²) < 4.78 is 7.35. The Labute approximate surface area is 199 Å². The molecule has 1 unspecified atom stereocenters. The second kappa shape index (κ2) is 11.3. The number of ether oxygens (including phenoxy) is 1. The fraction of sp³-hybridized carbons (Fsp3) is 0.391. The highest BCUT2D eigenvalue weighted by Crippen LogP contribution is 2.28. The van der Waals surface area contributed by atoms with Gasteiger partial charge in [0.25, 0.3) is 0 Å². The Hall–Kier alpha value is -2.58. The third kappa shape index (κ3) is 6.01. The number of primary amides is 1. The van der Waals surface area contributed by atoms with Crippen molar-refractivity contribution in [2.45, 2.75) is 45.3 Å². The summed E-state index contributed by atoms with van der Waals surface area (Å²) in [5, 5.41) is 0.631. The zero-order chi connectivity index (χ0) is 23.1. The summed E-state index contributed by atoms with van der Waals surface area (Å²) in [5.41, 5.74) is 6.63. The Morgan fingerprint density at radius 3 is 2.62 bits per heavy atom. The molecule has 7 nitrogen and oxygen atoms in total. The van der Waals surface area contributed by atoms with Crippen LogP contribution < -0.4 is 19.7 Å². The molecule has 1 heterocycles. The number of unbranched alkanes of at least 4 members (excludes halogenated alkanes) is 1. The van der Waals surface area contributed by atoms with Gasteiger partial charge < -0.3 is 10.5 Å². The van der Waals surface area contributed by atoms with Crippen LogP contribution >= 0.6 is 24.4 Å². The third-order valence-corrected chi connectivity index (χ3v) is 6.02. The zero-order valence-corrected chi connectivity index (χ0v) is 19.8. The molecule has 2 N–H and O–H groups in total. The van der Waals surface area contributed by atoms with Crippen molar-refractivity contribution in [3.8, 4) is 5.75 Å². The molecule has 3 rings (SSSR count). The molecule has 1 fully saturated rings. The van der Waals surface area contributed by atoms with E-state index in [9.17, 15) is 9.59 Å². The van der Waals surface area contributed by atoms with Crippen LogP contribution in [-0.4, -0.2) is 36.3 Å². The first-order chi connectivity index (χ1) is 15.4. The van der Waals surface area contributed by atoms with Gasteiger partial charge in [-0.2, -0.15) is 0 Å². The van der Waals surface area contributed by atoms with Crippen LogP contribution in [0.2, 0.25) is 5.02 Å². The van der Waals surface area contributed by atoms with Gasteiger partial charge in [0, 0.05) is 36.3 Å². The van der Waals surface area contributed by atoms with Crippen LogP contribution in [0.4, 0.5) is 21.0 Å². The van der Waals surface area contributed by atoms with Gasteiger partial charge in [0.05, 0.1) is 5.69 Å². The Morgan fingerprint density at radius 2 is 1.94 bits per heavy atom. The molecule has 172 valence electrons. The average molecular weight is 477 g/mol. The predicted octanol–water partition coefficient (Wildman–Crippen LogP) is 5.69. The number of carbonyl (C=O) groups excluding carboxylic acids is 2. The van der Waals surface area contributed by atoms with E-state index in [2.05, 4.69) is 19.7 Å². The second-order valence-electron chi connectivity index (χ2n) is 7.67. The molecule has 2 aromatic rings. The Bertz CT molecular complexity index is 928. The molecular weight excluding hydrogens is 448 g/mol. The van der Waals surface area contributed by atoms with Crippen LogP contribution in [0.1, 0.15) is 39.0 Å². The number of hydrogen-bond donors (Lipinski definition) is 2. The highest BCUT2D eigenvalue weighted by atomic mass is 35.5. The van der Waals surface area contributed by atoms with E-state index in [0.29, 0.717) is 36.0 Å². The van der Waals surface area contributed by atoms with Gasteiger partial charge in [0.2, 0.25) is 0 Å². The fourth-order valence-corrected chi connectivity index (χ4v) is 3.91. The van der Waals surface area contributed by atoms with E-state index < -0.39 is 12.3 Å². The normalized spacial score (nSPS) is 15.3. The molecule has 0 aliphatic carbocycles. The lowest BCUT2D eigenvalue weighted by molar-refractivity contribution is 0.0473. The zero-order valence-electron chi connectivity index (χ0n) is 18.1. The van der Waals surface area contributed by atoms with Crippen molar-refractivity contribution >= 4 is 47.9 Å². The van der Waals surface area contributed by atoms with Crippen LogP contribution in [0.25, 0.3) is 0 Å². The molecule has 32 heavy (non-hydrogen) atoms. The van der Waals surface area contributed by atoms with Crippen molar-refractivity contribution in [2.75, 3.05) is 22.3 Å². The number of benzene rings is 2. The van der Waals surface area contributed by atoms with E-state index in [0.717, 1.165) is 35.7 Å². The molecule has 0 bridgehead atoms. The minimum atomic E-state index is -0.686. The van der Waals surface area contributed by atoms with E-state index in [1.54, 1.807) is 46.2 Å². The van der Waals surface area contributed by atoms with Gasteiger partial charge in [0.15, 0.2) is 6.23 Å². The number of nitrogens with two attached hydrogens (primary N) is 1. The van der Waals surface area contributed by atoms with Crippen LogP contribution in [0.5, 0.6) is 5.75 Å². The molecular formula is C23H29ClN4O3S. The van der Waals surface area contributed by atoms with E-state index in [1.807, 2.05) is 12.1 Å². The summed E-state index contributed by atoms with van der Waals surface area (Å²) in [5.74, 6) is 0.541. The molecule has 0 saturated carbocycles. The smallest absolute Gasteiger partial charge is 0.329 e. The molecule has 1 saturated heterocycles. The number of rotatable bonds is 8. The number of urea groups is 2. The number of thiol groups is 1. The third-order valence-electron chi connectivity index (χ3n) is 5.34. The van der Waals surface area contributed by atoms with Crippen LogP contribution in [0.3, 0.4) is 0 Å². The summed E-state index contributed by atoms with van der Waals surface area (Å²) in [4.78, 5) is 28.6. The summed E-state index contributed by atoms with van der Waals surface area (Å²) in [6.45, 7) is 3.35. The highest BCUT2D eigenvalue weighted by molar-refractivity contribution is 7.82. The standard InChI is InChI=1S/C23H29ClN4O3S/c1-2-3-9-21(31-20-8-6-7-19(16-20)28(32)22(25)29)27-15-5-4-14-26(23(27)30)18-12-10-17(24)11-13-18/h6-8,10-13,16,21,32H,2-5,9,14-15H2,1H3,(H2,25,29). The predicted molar refractivity (Wildman–Crippen MR) is 132 cm³/mol. The highest BCUT2D eigenvalue weighted by Gasteiger charge is 2.31. The maximum atomic E-state index is 13.5. The molecule has 4 amide bonds. The lowest BCUT2D eigenvalue weighted by atomic mass is 10.2. The number of nitrogens with zero attached hydrogens (tertiary/aromatic N) is 3. The molecule has 1 aliphatic rings. The number of carbonyl (C=O) groups is 2. The molecule has 0 radical (unpaired) electrons. The Morgan fingerprint density at radius 1 is 1.22 bits per heavy atom. The first kappa shape index (κ1) is 24.1. The van der Waals surface area contributed by atoms with Crippen LogP contribution in [0.15, 0.2) is 48.5 Å². The van der Waals surface area contributed by atoms with Crippen molar-refractivity contribution in [3.63, 3.8) is 0 Å². The van der Waals surface area contributed by atoms with Crippen molar-refractivity contribution < 1.29 is 14.3 Å². The molecule has 1 aliphatic heterocycles. The average Bonchev–Trinajstić information content (AvgIpc) is 2.98. The summed E-state index contributed by atoms with van der Waals surface area (Å²) in [6.07, 6.45) is 3.93. The van der Waals surface area contributed by atoms with Gasteiger partial charge in [-0.25, -0.2) is 13.9 Å². The van der Waals surface area contributed by atoms with Crippen LogP contribution in [-0.2, 0) is 0 Å². The van der Waals surface area contributed by atoms with E-state index in [1.165, 1.54) is 0 Å². The Balaban J connectivity index is 1.85. The number of hydrogen-bond acceptors (Lipinski definition) is 4. The van der Waals surface area contributed by atoms with Crippen molar-refractivity contribution in [3.05, 3.63) is 53.6 Å². The second-order valence-corrected chi connectivity index (χ2v) is 8.51. The lowest BCUT2D eigenvalue weighted by Gasteiger charge is -2.34. The number of anilines is 2. The number of amides is 4. The lowest BCUT2D eigenvalue weighted by Crippen LogP contribution is -2.49. The van der Waals surface area contributed by atoms with E-state index >= 15 is 0 Å². The first-order valence-corrected chi connectivity index (χ1v) is 11.6. The van der Waals surface area contributed by atoms with Gasteiger partial charge in [0.1, 0.15) is 5.75 Å². The van der Waals surface area contributed by atoms with Crippen molar-refractivity contribution in [1.29, 1.82) is 0 Å². The summed E-state index contributed by atoms with van der Waals surface area (Å²) >= 11 is 10.1. The number of halogens is 1. The van der Waals surface area contributed by atoms with Crippen molar-refractivity contribution in [2.24, 2.45) is 5.73 Å². The minimum absolute atomic E-state index is 0.0879. The van der Waals surface area contributed by atoms with Gasteiger partial charge in [-0.1, -0.05) is 43.8 Å². The SMILES string of the molecule is CCCCC(Oc1cccc(N(S)C(N)=O)c1)N1CCCCN(c2ccc(Cl)cc2)C1=O. The minimum Gasteiger partial charge on any atom is -0.470 e. The van der Waals surface area contributed by atoms with Gasteiger partial charge in [-0.3, -0.25) is 9.80 Å². The topological polar surface area (TPSA) is 79.1 Å². The molecule has 2 aromatic carbocycles. The maximum absolute atomic E-state index is 13.5.